The van der Waals surface area contributed by atoms with E-state index in [4.69, 9.17) is 4.74 Å². The zero-order valence-electron chi connectivity index (χ0n) is 11.2. The van der Waals surface area contributed by atoms with Crippen LogP contribution in [0.5, 0.6) is 0 Å². The largest absolute Gasteiger partial charge is 0.385 e. The van der Waals surface area contributed by atoms with E-state index in [2.05, 4.69) is 17.2 Å². The average Bonchev–Trinajstić information content (AvgIpc) is 2.36. The van der Waals surface area contributed by atoms with Crippen molar-refractivity contribution in [3.8, 4) is 0 Å². The second kappa shape index (κ2) is 6.16. The van der Waals surface area contributed by atoms with Crippen LogP contribution in [-0.4, -0.2) is 24.7 Å². The first kappa shape index (κ1) is 13.3. The molecule has 0 aromatic carbocycles. The van der Waals surface area contributed by atoms with Gasteiger partial charge in [-0.25, -0.2) is 0 Å². The smallest absolute Gasteiger partial charge is 0.248 e. The standard InChI is InChI=1S/C14H22N2O2/c1-10(8-9-18-2)15-12-4-3-5-13-11(12)6-7-14(17)16-13/h6-7,10,12,15H,3-5,8-9H2,1-2H3,(H,16,17). The maximum absolute atomic E-state index is 11.3. The second-order valence-electron chi connectivity index (χ2n) is 5.05. The van der Waals surface area contributed by atoms with Gasteiger partial charge in [0, 0.05) is 37.6 Å². The van der Waals surface area contributed by atoms with Crippen molar-refractivity contribution in [3.63, 3.8) is 0 Å². The molecule has 1 aromatic rings. The highest BCUT2D eigenvalue weighted by Crippen LogP contribution is 2.27. The van der Waals surface area contributed by atoms with Crippen LogP contribution >= 0.6 is 0 Å². The van der Waals surface area contributed by atoms with Crippen molar-refractivity contribution >= 4 is 0 Å². The van der Waals surface area contributed by atoms with Crippen molar-refractivity contribution in [2.24, 2.45) is 0 Å². The van der Waals surface area contributed by atoms with Gasteiger partial charge in [-0.2, -0.15) is 0 Å². The number of pyridine rings is 1. The summed E-state index contributed by atoms with van der Waals surface area (Å²) in [5.74, 6) is 0. The Morgan fingerprint density at radius 2 is 2.39 bits per heavy atom. The summed E-state index contributed by atoms with van der Waals surface area (Å²) in [6, 6.07) is 4.37. The highest BCUT2D eigenvalue weighted by molar-refractivity contribution is 5.26. The minimum atomic E-state index is 0.00170. The normalized spacial score (nSPS) is 20.4. The minimum Gasteiger partial charge on any atom is -0.385 e. The highest BCUT2D eigenvalue weighted by atomic mass is 16.5. The molecule has 4 heteroatoms. The molecule has 1 aromatic heterocycles. The lowest BCUT2D eigenvalue weighted by Crippen LogP contribution is -2.34. The van der Waals surface area contributed by atoms with Gasteiger partial charge in [-0.3, -0.25) is 4.79 Å². The van der Waals surface area contributed by atoms with Crippen LogP contribution in [0, 0.1) is 0 Å². The van der Waals surface area contributed by atoms with E-state index in [1.807, 2.05) is 6.07 Å². The number of rotatable bonds is 5. The lowest BCUT2D eigenvalue weighted by molar-refractivity contribution is 0.181. The first-order valence-electron chi connectivity index (χ1n) is 6.68. The first-order valence-corrected chi connectivity index (χ1v) is 6.68. The van der Waals surface area contributed by atoms with E-state index in [1.54, 1.807) is 13.2 Å². The fourth-order valence-electron chi connectivity index (χ4n) is 2.59. The Hall–Kier alpha value is -1.13. The van der Waals surface area contributed by atoms with Crippen LogP contribution in [0.3, 0.4) is 0 Å². The third-order valence-corrected chi connectivity index (χ3v) is 3.57. The van der Waals surface area contributed by atoms with Crippen molar-refractivity contribution in [3.05, 3.63) is 33.7 Å². The molecule has 0 saturated carbocycles. The maximum atomic E-state index is 11.3. The SMILES string of the molecule is COCCC(C)NC1CCCc2[nH]c(=O)ccc21. The highest BCUT2D eigenvalue weighted by Gasteiger charge is 2.21. The van der Waals surface area contributed by atoms with Crippen molar-refractivity contribution in [1.29, 1.82) is 0 Å². The molecule has 1 heterocycles. The molecule has 2 N–H and O–H groups in total. The third-order valence-electron chi connectivity index (χ3n) is 3.57. The molecule has 4 nitrogen and oxygen atoms in total. The van der Waals surface area contributed by atoms with Gasteiger partial charge in [0.1, 0.15) is 0 Å². The molecule has 18 heavy (non-hydrogen) atoms. The molecule has 2 atom stereocenters. The quantitative estimate of drug-likeness (QED) is 0.837. The van der Waals surface area contributed by atoms with Crippen LogP contribution in [0.2, 0.25) is 0 Å². The predicted octanol–water partition coefficient (Wildman–Crippen LogP) is 1.77. The molecule has 0 spiro atoms. The molecule has 1 aliphatic carbocycles. The maximum Gasteiger partial charge on any atom is 0.248 e. The summed E-state index contributed by atoms with van der Waals surface area (Å²) in [7, 11) is 1.73. The molecule has 2 unspecified atom stereocenters. The average molecular weight is 250 g/mol. The summed E-state index contributed by atoms with van der Waals surface area (Å²) in [6.07, 6.45) is 4.25. The van der Waals surface area contributed by atoms with E-state index >= 15 is 0 Å². The summed E-state index contributed by atoms with van der Waals surface area (Å²) >= 11 is 0. The van der Waals surface area contributed by atoms with E-state index in [-0.39, 0.29) is 5.56 Å². The Labute approximate surface area is 108 Å². The molecule has 100 valence electrons. The number of ether oxygens (including phenoxy) is 1. The van der Waals surface area contributed by atoms with Gasteiger partial charge in [0.05, 0.1) is 0 Å². The van der Waals surface area contributed by atoms with Gasteiger partial charge in [0.15, 0.2) is 0 Å². The molecular weight excluding hydrogens is 228 g/mol. The Kier molecular flexibility index (Phi) is 4.55. The van der Waals surface area contributed by atoms with E-state index < -0.39 is 0 Å². The summed E-state index contributed by atoms with van der Waals surface area (Å²) in [5, 5.41) is 3.63. The lowest BCUT2D eigenvalue weighted by atomic mass is 9.90. The topological polar surface area (TPSA) is 54.1 Å². The minimum absolute atomic E-state index is 0.00170. The predicted molar refractivity (Wildman–Crippen MR) is 71.8 cm³/mol. The molecule has 0 amide bonds. The Bertz CT molecular complexity index is 442. The molecular formula is C14H22N2O2. The first-order chi connectivity index (χ1) is 8.70. The monoisotopic (exact) mass is 250 g/mol. The number of aryl methyl sites for hydroxylation is 1. The number of fused-ring (bicyclic) bond motifs is 1. The van der Waals surface area contributed by atoms with Crippen molar-refractivity contribution in [2.45, 2.75) is 44.7 Å². The summed E-state index contributed by atoms with van der Waals surface area (Å²) in [6.45, 7) is 2.96. The fourth-order valence-corrected chi connectivity index (χ4v) is 2.59. The van der Waals surface area contributed by atoms with E-state index in [0.717, 1.165) is 38.0 Å². The number of methoxy groups -OCH3 is 1. The van der Waals surface area contributed by atoms with Crippen LogP contribution in [-0.2, 0) is 11.2 Å². The van der Waals surface area contributed by atoms with Crippen LogP contribution in [0.1, 0.15) is 43.5 Å². The number of hydrogen-bond donors (Lipinski definition) is 2. The molecule has 1 aliphatic rings. The van der Waals surface area contributed by atoms with Gasteiger partial charge in [-0.1, -0.05) is 6.07 Å². The van der Waals surface area contributed by atoms with Gasteiger partial charge in [-0.05, 0) is 38.2 Å². The molecule has 0 aliphatic heterocycles. The van der Waals surface area contributed by atoms with Crippen LogP contribution in [0.15, 0.2) is 16.9 Å². The number of H-pyrrole nitrogens is 1. The molecule has 0 saturated heterocycles. The van der Waals surface area contributed by atoms with Gasteiger partial charge in [0.25, 0.3) is 0 Å². The summed E-state index contributed by atoms with van der Waals surface area (Å²) in [5.41, 5.74) is 2.36. The number of nitrogens with one attached hydrogen (secondary N) is 2. The Morgan fingerprint density at radius 1 is 1.56 bits per heavy atom. The summed E-state index contributed by atoms with van der Waals surface area (Å²) < 4.78 is 5.10. The Morgan fingerprint density at radius 3 is 3.17 bits per heavy atom. The van der Waals surface area contributed by atoms with Gasteiger partial charge in [0.2, 0.25) is 5.56 Å². The van der Waals surface area contributed by atoms with Crippen LogP contribution in [0.4, 0.5) is 0 Å². The molecule has 0 fully saturated rings. The number of aromatic nitrogens is 1. The van der Waals surface area contributed by atoms with Crippen LogP contribution in [0.25, 0.3) is 0 Å². The molecule has 2 rings (SSSR count). The molecule has 0 bridgehead atoms. The lowest BCUT2D eigenvalue weighted by Gasteiger charge is -2.28. The zero-order valence-corrected chi connectivity index (χ0v) is 11.2. The number of hydrogen-bond acceptors (Lipinski definition) is 3. The fraction of sp³-hybridized carbons (Fsp3) is 0.643. The van der Waals surface area contributed by atoms with Gasteiger partial charge in [-0.15, -0.1) is 0 Å². The summed E-state index contributed by atoms with van der Waals surface area (Å²) in [4.78, 5) is 14.3. The van der Waals surface area contributed by atoms with Gasteiger partial charge < -0.3 is 15.0 Å². The van der Waals surface area contributed by atoms with Crippen molar-refractivity contribution < 1.29 is 4.74 Å². The van der Waals surface area contributed by atoms with Crippen molar-refractivity contribution in [1.82, 2.24) is 10.3 Å². The van der Waals surface area contributed by atoms with Crippen LogP contribution < -0.4 is 10.9 Å². The Balaban J connectivity index is 2.05. The zero-order chi connectivity index (χ0) is 13.0. The number of aromatic amines is 1. The third kappa shape index (κ3) is 3.21. The second-order valence-corrected chi connectivity index (χ2v) is 5.05. The van der Waals surface area contributed by atoms with Crippen molar-refractivity contribution in [2.75, 3.05) is 13.7 Å². The van der Waals surface area contributed by atoms with Gasteiger partial charge >= 0.3 is 0 Å². The van der Waals surface area contributed by atoms with E-state index in [9.17, 15) is 4.79 Å². The van der Waals surface area contributed by atoms with E-state index in [0.29, 0.717) is 12.1 Å². The molecule has 0 radical (unpaired) electrons. The van der Waals surface area contributed by atoms with E-state index in [1.165, 1.54) is 5.56 Å².